The first-order valence-corrected chi connectivity index (χ1v) is 7.65. The Morgan fingerprint density at radius 3 is 2.84 bits per heavy atom. The van der Waals surface area contributed by atoms with Crippen molar-refractivity contribution >= 4 is 5.69 Å². The molecule has 0 aromatic carbocycles. The van der Waals surface area contributed by atoms with Crippen LogP contribution in [0.1, 0.15) is 45.6 Å². The minimum atomic E-state index is 0.726. The van der Waals surface area contributed by atoms with Crippen molar-refractivity contribution in [2.45, 2.75) is 52.6 Å². The highest BCUT2D eigenvalue weighted by atomic mass is 15.1. The van der Waals surface area contributed by atoms with Gasteiger partial charge in [-0.05, 0) is 37.3 Å². The Hall–Kier alpha value is -1.09. The Kier molecular flexibility index (Phi) is 5.20. The van der Waals surface area contributed by atoms with Crippen LogP contribution in [0.4, 0.5) is 5.69 Å². The summed E-state index contributed by atoms with van der Waals surface area (Å²) in [7, 11) is 0. The van der Waals surface area contributed by atoms with Crippen LogP contribution in [0.3, 0.4) is 0 Å². The van der Waals surface area contributed by atoms with Crippen LogP contribution in [0.15, 0.2) is 18.5 Å². The van der Waals surface area contributed by atoms with Gasteiger partial charge in [0.05, 0.1) is 11.9 Å². The number of pyridine rings is 1. The van der Waals surface area contributed by atoms with Crippen LogP contribution in [-0.2, 0) is 6.54 Å². The highest BCUT2D eigenvalue weighted by Crippen LogP contribution is 2.23. The van der Waals surface area contributed by atoms with Gasteiger partial charge in [0, 0.05) is 31.9 Å². The molecule has 1 aromatic rings. The van der Waals surface area contributed by atoms with Gasteiger partial charge in [0.15, 0.2) is 0 Å². The van der Waals surface area contributed by atoms with Gasteiger partial charge in [-0.25, -0.2) is 0 Å². The van der Waals surface area contributed by atoms with E-state index >= 15 is 0 Å². The highest BCUT2D eigenvalue weighted by Gasteiger charge is 2.21. The average molecular weight is 261 g/mol. The van der Waals surface area contributed by atoms with Crippen LogP contribution in [-0.4, -0.2) is 24.1 Å². The second-order valence-electron chi connectivity index (χ2n) is 5.71. The van der Waals surface area contributed by atoms with Gasteiger partial charge in [-0.15, -0.1) is 0 Å². The van der Waals surface area contributed by atoms with E-state index in [-0.39, 0.29) is 0 Å². The number of rotatable bonds is 8. The lowest BCUT2D eigenvalue weighted by Crippen LogP contribution is -2.30. The van der Waals surface area contributed by atoms with Gasteiger partial charge >= 0.3 is 0 Å². The van der Waals surface area contributed by atoms with Gasteiger partial charge in [0.1, 0.15) is 0 Å². The third-order valence-electron chi connectivity index (χ3n) is 4.00. The SMILES string of the molecule is CCC(C)CN(CC)c1cnccc1CNC1CC1. The number of aromatic nitrogens is 1. The number of nitrogens with zero attached hydrogens (tertiary/aromatic N) is 2. The Bertz CT molecular complexity index is 387. The minimum Gasteiger partial charge on any atom is -0.370 e. The lowest BCUT2D eigenvalue weighted by atomic mass is 10.1. The van der Waals surface area contributed by atoms with Crippen LogP contribution in [0.5, 0.6) is 0 Å². The molecule has 0 saturated heterocycles. The number of anilines is 1. The molecule has 3 nitrogen and oxygen atoms in total. The first-order chi connectivity index (χ1) is 9.24. The van der Waals surface area contributed by atoms with E-state index in [2.05, 4.69) is 42.0 Å². The van der Waals surface area contributed by atoms with E-state index in [1.807, 2.05) is 12.4 Å². The molecular weight excluding hydrogens is 234 g/mol. The van der Waals surface area contributed by atoms with Gasteiger partial charge in [0.25, 0.3) is 0 Å². The number of nitrogens with one attached hydrogen (secondary N) is 1. The zero-order valence-corrected chi connectivity index (χ0v) is 12.5. The summed E-state index contributed by atoms with van der Waals surface area (Å²) in [5.41, 5.74) is 2.69. The first kappa shape index (κ1) is 14.3. The molecule has 1 aliphatic rings. The molecule has 1 saturated carbocycles. The summed E-state index contributed by atoms with van der Waals surface area (Å²) in [5.74, 6) is 0.726. The molecule has 19 heavy (non-hydrogen) atoms. The molecule has 0 aliphatic heterocycles. The van der Waals surface area contributed by atoms with Crippen molar-refractivity contribution < 1.29 is 0 Å². The Morgan fingerprint density at radius 1 is 1.42 bits per heavy atom. The van der Waals surface area contributed by atoms with E-state index in [4.69, 9.17) is 0 Å². The van der Waals surface area contributed by atoms with Crippen LogP contribution in [0.25, 0.3) is 0 Å². The van der Waals surface area contributed by atoms with E-state index in [0.29, 0.717) is 0 Å². The molecule has 1 unspecified atom stereocenters. The summed E-state index contributed by atoms with van der Waals surface area (Å²) in [4.78, 5) is 6.78. The fraction of sp³-hybridized carbons (Fsp3) is 0.688. The number of hydrogen-bond acceptors (Lipinski definition) is 3. The summed E-state index contributed by atoms with van der Waals surface area (Å²) in [5, 5.41) is 3.61. The molecule has 1 aliphatic carbocycles. The molecule has 1 heterocycles. The number of hydrogen-bond donors (Lipinski definition) is 1. The van der Waals surface area contributed by atoms with E-state index in [1.165, 1.54) is 30.5 Å². The molecule has 0 amide bonds. The van der Waals surface area contributed by atoms with Gasteiger partial charge in [0.2, 0.25) is 0 Å². The fourth-order valence-electron chi connectivity index (χ4n) is 2.29. The van der Waals surface area contributed by atoms with E-state index in [9.17, 15) is 0 Å². The molecule has 1 N–H and O–H groups in total. The second kappa shape index (κ2) is 6.90. The van der Waals surface area contributed by atoms with E-state index in [0.717, 1.165) is 31.6 Å². The Labute approximate surface area is 117 Å². The maximum Gasteiger partial charge on any atom is 0.0598 e. The predicted octanol–water partition coefficient (Wildman–Crippen LogP) is 3.21. The van der Waals surface area contributed by atoms with Crippen molar-refractivity contribution in [1.82, 2.24) is 10.3 Å². The predicted molar refractivity (Wildman–Crippen MR) is 81.4 cm³/mol. The molecule has 0 spiro atoms. The van der Waals surface area contributed by atoms with Gasteiger partial charge in [-0.3, -0.25) is 4.98 Å². The van der Waals surface area contributed by atoms with Crippen molar-refractivity contribution in [2.75, 3.05) is 18.0 Å². The first-order valence-electron chi connectivity index (χ1n) is 7.65. The van der Waals surface area contributed by atoms with Crippen LogP contribution in [0.2, 0.25) is 0 Å². The van der Waals surface area contributed by atoms with Crippen molar-refractivity contribution in [2.24, 2.45) is 5.92 Å². The second-order valence-corrected chi connectivity index (χ2v) is 5.71. The minimum absolute atomic E-state index is 0.726. The lowest BCUT2D eigenvalue weighted by molar-refractivity contribution is 0.546. The van der Waals surface area contributed by atoms with Gasteiger partial charge in [-0.1, -0.05) is 20.3 Å². The monoisotopic (exact) mass is 261 g/mol. The summed E-state index contributed by atoms with van der Waals surface area (Å²) >= 11 is 0. The molecule has 1 aromatic heterocycles. The van der Waals surface area contributed by atoms with Gasteiger partial charge < -0.3 is 10.2 Å². The van der Waals surface area contributed by atoms with Crippen molar-refractivity contribution in [3.63, 3.8) is 0 Å². The third-order valence-corrected chi connectivity index (χ3v) is 4.00. The van der Waals surface area contributed by atoms with E-state index < -0.39 is 0 Å². The largest absolute Gasteiger partial charge is 0.370 e. The smallest absolute Gasteiger partial charge is 0.0598 e. The average Bonchev–Trinajstić information content (AvgIpc) is 3.27. The van der Waals surface area contributed by atoms with Gasteiger partial charge in [-0.2, -0.15) is 0 Å². The van der Waals surface area contributed by atoms with Crippen LogP contribution < -0.4 is 10.2 Å². The summed E-state index contributed by atoms with van der Waals surface area (Å²) < 4.78 is 0. The molecule has 2 rings (SSSR count). The molecule has 1 fully saturated rings. The lowest BCUT2D eigenvalue weighted by Gasteiger charge is -2.28. The Balaban J connectivity index is 2.06. The third kappa shape index (κ3) is 4.20. The zero-order valence-electron chi connectivity index (χ0n) is 12.5. The summed E-state index contributed by atoms with van der Waals surface area (Å²) in [6.07, 6.45) is 7.84. The fourth-order valence-corrected chi connectivity index (χ4v) is 2.29. The van der Waals surface area contributed by atoms with Crippen LogP contribution >= 0.6 is 0 Å². The molecule has 1 atom stereocenters. The Morgan fingerprint density at radius 2 is 2.21 bits per heavy atom. The van der Waals surface area contributed by atoms with Crippen molar-refractivity contribution in [3.8, 4) is 0 Å². The summed E-state index contributed by atoms with van der Waals surface area (Å²) in [6, 6.07) is 2.91. The highest BCUT2D eigenvalue weighted by molar-refractivity contribution is 5.51. The maximum absolute atomic E-state index is 4.32. The standard InChI is InChI=1S/C16H27N3/c1-4-13(3)12-19(5-2)16-11-17-9-8-14(16)10-18-15-6-7-15/h8-9,11,13,15,18H,4-7,10,12H2,1-3H3. The normalized spacial score (nSPS) is 16.4. The molecule has 106 valence electrons. The van der Waals surface area contributed by atoms with Crippen LogP contribution in [0, 0.1) is 5.92 Å². The quantitative estimate of drug-likeness (QED) is 0.779. The summed E-state index contributed by atoms with van der Waals surface area (Å²) in [6.45, 7) is 9.95. The van der Waals surface area contributed by atoms with Crippen molar-refractivity contribution in [1.29, 1.82) is 0 Å². The topological polar surface area (TPSA) is 28.2 Å². The molecule has 0 bridgehead atoms. The maximum atomic E-state index is 4.32. The molecular formula is C16H27N3. The molecule has 3 heteroatoms. The molecule has 0 radical (unpaired) electrons. The van der Waals surface area contributed by atoms with Crippen molar-refractivity contribution in [3.05, 3.63) is 24.0 Å². The van der Waals surface area contributed by atoms with E-state index in [1.54, 1.807) is 0 Å². The zero-order chi connectivity index (χ0) is 13.7.